The second kappa shape index (κ2) is 10.8. The Hall–Kier alpha value is -1.88. The average molecular weight is 319 g/mol. The maximum Gasteiger partial charge on any atom is 0.255 e. The third-order valence-corrected chi connectivity index (χ3v) is 3.84. The van der Waals surface area contributed by atoms with Crippen molar-refractivity contribution in [3.63, 3.8) is 0 Å². The van der Waals surface area contributed by atoms with Crippen LogP contribution in [0, 0.1) is 0 Å². The summed E-state index contributed by atoms with van der Waals surface area (Å²) in [4.78, 5) is 26.3. The van der Waals surface area contributed by atoms with Crippen LogP contribution in [0.15, 0.2) is 24.3 Å². The molecule has 5 nitrogen and oxygen atoms in total. The number of hydrogen-bond donors (Lipinski definition) is 2. The monoisotopic (exact) mass is 319 g/mol. The first kappa shape index (κ1) is 19.2. The second-order valence-corrected chi connectivity index (χ2v) is 5.52. The number of carbonyl (C=O) groups excluding carboxylic acids is 2. The van der Waals surface area contributed by atoms with E-state index >= 15 is 0 Å². The molecular formula is C18H29N3O2. The molecular weight excluding hydrogens is 290 g/mol. The van der Waals surface area contributed by atoms with Crippen molar-refractivity contribution < 1.29 is 9.59 Å². The molecule has 3 N–H and O–H groups in total. The van der Waals surface area contributed by atoms with Gasteiger partial charge in [-0.25, -0.2) is 0 Å². The van der Waals surface area contributed by atoms with Gasteiger partial charge in [0.25, 0.3) is 5.91 Å². The lowest BCUT2D eigenvalue weighted by Gasteiger charge is -2.20. The van der Waals surface area contributed by atoms with Crippen LogP contribution < -0.4 is 11.1 Å². The van der Waals surface area contributed by atoms with Gasteiger partial charge in [0.15, 0.2) is 0 Å². The maximum absolute atomic E-state index is 12.5. The topological polar surface area (TPSA) is 75.4 Å². The zero-order valence-electron chi connectivity index (χ0n) is 14.3. The van der Waals surface area contributed by atoms with E-state index in [9.17, 15) is 9.59 Å². The molecule has 0 aliphatic carbocycles. The van der Waals surface area contributed by atoms with E-state index in [0.717, 1.165) is 25.7 Å². The predicted molar refractivity (Wildman–Crippen MR) is 94.5 cm³/mol. The van der Waals surface area contributed by atoms with Crippen molar-refractivity contribution >= 4 is 17.5 Å². The van der Waals surface area contributed by atoms with Gasteiger partial charge in [0, 0.05) is 19.5 Å². The van der Waals surface area contributed by atoms with E-state index in [0.29, 0.717) is 37.3 Å². The van der Waals surface area contributed by atoms with Crippen LogP contribution in [0.3, 0.4) is 0 Å². The minimum absolute atomic E-state index is 0.0439. The van der Waals surface area contributed by atoms with E-state index in [2.05, 4.69) is 5.32 Å². The first-order valence-electron chi connectivity index (χ1n) is 8.52. The lowest BCUT2D eigenvalue weighted by atomic mass is 10.1. The molecule has 0 aliphatic rings. The van der Waals surface area contributed by atoms with Crippen molar-refractivity contribution in [3.8, 4) is 0 Å². The molecule has 0 fully saturated rings. The Labute approximate surface area is 139 Å². The normalized spacial score (nSPS) is 10.4. The Kier molecular flexibility index (Phi) is 8.98. The zero-order chi connectivity index (χ0) is 17.1. The van der Waals surface area contributed by atoms with E-state index in [1.165, 1.54) is 0 Å². The minimum atomic E-state index is -0.0474. The zero-order valence-corrected chi connectivity index (χ0v) is 14.3. The number of nitrogens with zero attached hydrogens (tertiary/aromatic N) is 1. The molecule has 1 aromatic carbocycles. The fourth-order valence-electron chi connectivity index (χ4n) is 2.46. The third-order valence-electron chi connectivity index (χ3n) is 3.84. The third kappa shape index (κ3) is 6.40. The molecule has 0 aromatic heterocycles. The molecule has 0 bridgehead atoms. The minimum Gasteiger partial charge on any atom is -0.339 e. The molecule has 0 saturated heterocycles. The van der Waals surface area contributed by atoms with Crippen molar-refractivity contribution in [2.75, 3.05) is 25.0 Å². The molecule has 0 heterocycles. The molecule has 0 unspecified atom stereocenters. The molecule has 1 aromatic rings. The smallest absolute Gasteiger partial charge is 0.255 e. The number of nitrogens with two attached hydrogens (primary N) is 1. The maximum atomic E-state index is 12.5. The first-order chi connectivity index (χ1) is 11.1. The van der Waals surface area contributed by atoms with Crippen LogP contribution >= 0.6 is 0 Å². The predicted octanol–water partition coefficient (Wildman–Crippen LogP) is 3.02. The Morgan fingerprint density at radius 2 is 1.70 bits per heavy atom. The molecule has 0 atom stereocenters. The van der Waals surface area contributed by atoms with E-state index in [-0.39, 0.29) is 11.8 Å². The summed E-state index contributed by atoms with van der Waals surface area (Å²) >= 11 is 0. The van der Waals surface area contributed by atoms with Gasteiger partial charge in [-0.1, -0.05) is 25.0 Å². The summed E-state index contributed by atoms with van der Waals surface area (Å²) in [7, 11) is 0. The summed E-state index contributed by atoms with van der Waals surface area (Å²) in [5.74, 6) is -0.0913. The van der Waals surface area contributed by atoms with Crippen LogP contribution in [0.5, 0.6) is 0 Å². The lowest BCUT2D eigenvalue weighted by Crippen LogP contribution is -2.31. The highest BCUT2D eigenvalue weighted by molar-refractivity contribution is 6.03. The van der Waals surface area contributed by atoms with Crippen LogP contribution in [-0.2, 0) is 4.79 Å². The van der Waals surface area contributed by atoms with Gasteiger partial charge in [-0.3, -0.25) is 9.59 Å². The van der Waals surface area contributed by atoms with Crippen molar-refractivity contribution in [2.24, 2.45) is 5.73 Å². The number of para-hydroxylation sites is 1. The van der Waals surface area contributed by atoms with E-state index in [4.69, 9.17) is 5.73 Å². The number of nitrogens with one attached hydrogen (secondary N) is 1. The van der Waals surface area contributed by atoms with Gasteiger partial charge in [0.05, 0.1) is 11.3 Å². The molecule has 0 aliphatic heterocycles. The van der Waals surface area contributed by atoms with Gasteiger partial charge < -0.3 is 16.0 Å². The largest absolute Gasteiger partial charge is 0.339 e. The standard InChI is InChI=1S/C18H29N3O2/c1-3-21(4-2)18(23)15-11-8-9-12-16(15)20-17(22)13-7-5-6-10-14-19/h8-9,11-12H,3-7,10,13-14,19H2,1-2H3,(H,20,22). The number of rotatable bonds is 10. The van der Waals surface area contributed by atoms with Crippen LogP contribution in [0.25, 0.3) is 0 Å². The molecule has 128 valence electrons. The second-order valence-electron chi connectivity index (χ2n) is 5.52. The van der Waals surface area contributed by atoms with Gasteiger partial charge in [-0.05, 0) is 45.4 Å². The van der Waals surface area contributed by atoms with E-state index < -0.39 is 0 Å². The van der Waals surface area contributed by atoms with Crippen molar-refractivity contribution in [2.45, 2.75) is 46.0 Å². The Balaban J connectivity index is 2.63. The van der Waals surface area contributed by atoms with Gasteiger partial charge >= 0.3 is 0 Å². The van der Waals surface area contributed by atoms with E-state index in [1.54, 1.807) is 17.0 Å². The number of amides is 2. The van der Waals surface area contributed by atoms with Crippen LogP contribution in [0.1, 0.15) is 56.3 Å². The molecule has 2 amide bonds. The number of benzene rings is 1. The summed E-state index contributed by atoms with van der Waals surface area (Å²) in [6.07, 6.45) is 4.38. The number of hydrogen-bond acceptors (Lipinski definition) is 3. The van der Waals surface area contributed by atoms with Gasteiger partial charge in [-0.2, -0.15) is 0 Å². The molecule has 23 heavy (non-hydrogen) atoms. The quantitative estimate of drug-likeness (QED) is 0.651. The number of anilines is 1. The fraction of sp³-hybridized carbons (Fsp3) is 0.556. The number of unbranched alkanes of at least 4 members (excludes halogenated alkanes) is 3. The molecule has 0 saturated carbocycles. The van der Waals surface area contributed by atoms with Crippen LogP contribution in [0.2, 0.25) is 0 Å². The van der Waals surface area contributed by atoms with Gasteiger partial charge in [0.1, 0.15) is 0 Å². The Morgan fingerprint density at radius 1 is 1.04 bits per heavy atom. The SMILES string of the molecule is CCN(CC)C(=O)c1ccccc1NC(=O)CCCCCCN. The van der Waals surface area contributed by atoms with Gasteiger partial charge in [-0.15, -0.1) is 0 Å². The molecule has 1 rings (SSSR count). The van der Waals surface area contributed by atoms with Crippen LogP contribution in [-0.4, -0.2) is 36.3 Å². The summed E-state index contributed by atoms with van der Waals surface area (Å²) in [6, 6.07) is 7.19. The summed E-state index contributed by atoms with van der Waals surface area (Å²) in [5, 5.41) is 2.87. The summed E-state index contributed by atoms with van der Waals surface area (Å²) in [5.41, 5.74) is 6.59. The van der Waals surface area contributed by atoms with Gasteiger partial charge in [0.2, 0.25) is 5.91 Å². The van der Waals surface area contributed by atoms with Crippen molar-refractivity contribution in [3.05, 3.63) is 29.8 Å². The Morgan fingerprint density at radius 3 is 2.35 bits per heavy atom. The lowest BCUT2D eigenvalue weighted by molar-refractivity contribution is -0.116. The highest BCUT2D eigenvalue weighted by Crippen LogP contribution is 2.18. The number of carbonyl (C=O) groups is 2. The fourth-order valence-corrected chi connectivity index (χ4v) is 2.46. The first-order valence-corrected chi connectivity index (χ1v) is 8.52. The van der Waals surface area contributed by atoms with Crippen LogP contribution in [0.4, 0.5) is 5.69 Å². The molecule has 0 radical (unpaired) electrons. The summed E-state index contributed by atoms with van der Waals surface area (Å²) < 4.78 is 0. The van der Waals surface area contributed by atoms with Crippen molar-refractivity contribution in [1.82, 2.24) is 4.90 Å². The van der Waals surface area contributed by atoms with E-state index in [1.807, 2.05) is 26.0 Å². The van der Waals surface area contributed by atoms with Crippen molar-refractivity contribution in [1.29, 1.82) is 0 Å². The highest BCUT2D eigenvalue weighted by atomic mass is 16.2. The molecule has 5 heteroatoms. The highest BCUT2D eigenvalue weighted by Gasteiger charge is 2.17. The Bertz CT molecular complexity index is 499. The summed E-state index contributed by atoms with van der Waals surface area (Å²) in [6.45, 7) is 5.90. The molecule has 0 spiro atoms. The average Bonchev–Trinajstić information content (AvgIpc) is 2.56.